The van der Waals surface area contributed by atoms with E-state index in [0.717, 1.165) is 36.9 Å². The molecule has 1 aliphatic carbocycles. The number of halogens is 2. The van der Waals surface area contributed by atoms with Crippen LogP contribution in [0.5, 0.6) is 0 Å². The van der Waals surface area contributed by atoms with Crippen LogP contribution in [0, 0.1) is 11.3 Å². The lowest BCUT2D eigenvalue weighted by Gasteiger charge is -2.33. The first-order valence-corrected chi connectivity index (χ1v) is 12.8. The highest BCUT2D eigenvalue weighted by atomic mass is 35.5. The van der Waals surface area contributed by atoms with Crippen LogP contribution in [0.3, 0.4) is 0 Å². The van der Waals surface area contributed by atoms with E-state index < -0.39 is 0 Å². The molecule has 34 heavy (non-hydrogen) atoms. The molecule has 3 rings (SSSR count). The summed E-state index contributed by atoms with van der Waals surface area (Å²) in [5, 5.41) is 10.9. The average Bonchev–Trinajstić information content (AvgIpc) is 3.51. The third-order valence-electron chi connectivity index (χ3n) is 6.66. The van der Waals surface area contributed by atoms with Gasteiger partial charge in [0.2, 0.25) is 11.8 Å². The standard InChI is InChI=1S/C26H34Cl2N4O2/c1-19(25(34)31-23(17-21(28)18-27)26(2)10-3-4-11-26)9-13-29-24(33)16-20-7-5-8-22(15-20)32-14-6-12-30-32/h5-8,12,14-15,17,19,23H,3-4,9-11,13,16,18H2,1-2H3,(H,29,33)(H,31,34)/b21-17-/t19-,23?/m0/s1. The van der Waals surface area contributed by atoms with Gasteiger partial charge in [-0.15, -0.1) is 11.6 Å². The van der Waals surface area contributed by atoms with Gasteiger partial charge in [-0.25, -0.2) is 4.68 Å². The van der Waals surface area contributed by atoms with Gasteiger partial charge in [0, 0.05) is 29.9 Å². The number of amides is 2. The van der Waals surface area contributed by atoms with Crippen LogP contribution in [0.1, 0.15) is 51.5 Å². The van der Waals surface area contributed by atoms with Gasteiger partial charge in [-0.1, -0.05) is 50.4 Å². The SMILES string of the molecule is C[C@@H](CCNC(=O)Cc1cccc(-n2cccn2)c1)C(=O)NC(/C=C(\Cl)CCl)C1(C)CCCC1. The number of carbonyl (C=O) groups is 2. The second-order valence-electron chi connectivity index (χ2n) is 9.43. The zero-order valence-electron chi connectivity index (χ0n) is 19.9. The minimum atomic E-state index is -0.237. The topological polar surface area (TPSA) is 76.0 Å². The lowest BCUT2D eigenvalue weighted by atomic mass is 9.80. The van der Waals surface area contributed by atoms with E-state index in [1.807, 2.05) is 49.5 Å². The van der Waals surface area contributed by atoms with Crippen molar-refractivity contribution >= 4 is 35.0 Å². The number of nitrogens with zero attached hydrogens (tertiary/aromatic N) is 2. The largest absolute Gasteiger partial charge is 0.356 e. The molecule has 1 fully saturated rings. The lowest BCUT2D eigenvalue weighted by Crippen LogP contribution is -2.46. The highest BCUT2D eigenvalue weighted by Gasteiger charge is 2.37. The van der Waals surface area contributed by atoms with Crippen molar-refractivity contribution in [2.24, 2.45) is 11.3 Å². The Morgan fingerprint density at radius 3 is 2.71 bits per heavy atom. The first kappa shape index (κ1) is 26.3. The molecule has 0 saturated heterocycles. The fourth-order valence-electron chi connectivity index (χ4n) is 4.47. The summed E-state index contributed by atoms with van der Waals surface area (Å²) in [6.45, 7) is 4.52. The molecule has 6 nitrogen and oxygen atoms in total. The third-order valence-corrected chi connectivity index (χ3v) is 7.35. The summed E-state index contributed by atoms with van der Waals surface area (Å²) >= 11 is 12.1. The maximum atomic E-state index is 12.9. The molecule has 0 bridgehead atoms. The normalized spacial score (nSPS) is 17.2. The van der Waals surface area contributed by atoms with Crippen LogP contribution in [0.15, 0.2) is 53.8 Å². The Labute approximate surface area is 212 Å². The van der Waals surface area contributed by atoms with E-state index in [1.165, 1.54) is 0 Å². The molecule has 1 saturated carbocycles. The molecule has 0 spiro atoms. The lowest BCUT2D eigenvalue weighted by molar-refractivity contribution is -0.126. The van der Waals surface area contributed by atoms with Gasteiger partial charge in [-0.3, -0.25) is 9.59 Å². The predicted octanol–water partition coefficient (Wildman–Crippen LogP) is 4.98. The minimum Gasteiger partial charge on any atom is -0.356 e. The number of hydrogen-bond acceptors (Lipinski definition) is 3. The third kappa shape index (κ3) is 7.34. The summed E-state index contributed by atoms with van der Waals surface area (Å²) in [6, 6.07) is 9.45. The minimum absolute atomic E-state index is 0.0134. The van der Waals surface area contributed by atoms with E-state index in [0.29, 0.717) is 18.0 Å². The smallest absolute Gasteiger partial charge is 0.224 e. The van der Waals surface area contributed by atoms with E-state index in [4.69, 9.17) is 23.2 Å². The fourth-order valence-corrected chi connectivity index (χ4v) is 4.68. The molecule has 1 aliphatic rings. The quantitative estimate of drug-likeness (QED) is 0.423. The second kappa shape index (κ2) is 12.4. The molecule has 1 unspecified atom stereocenters. The number of nitrogens with one attached hydrogen (secondary N) is 2. The summed E-state index contributed by atoms with van der Waals surface area (Å²) in [4.78, 5) is 25.3. The summed E-state index contributed by atoms with van der Waals surface area (Å²) in [6.07, 6.45) is 10.7. The molecule has 1 heterocycles. The van der Waals surface area contributed by atoms with Gasteiger partial charge in [-0.2, -0.15) is 5.10 Å². The van der Waals surface area contributed by atoms with Crippen LogP contribution < -0.4 is 10.6 Å². The Kier molecular flexibility index (Phi) is 9.60. The molecule has 1 aromatic heterocycles. The van der Waals surface area contributed by atoms with Crippen LogP contribution in [0.4, 0.5) is 0 Å². The summed E-state index contributed by atoms with van der Waals surface area (Å²) < 4.78 is 1.76. The Hall–Kier alpha value is -2.31. The number of allylic oxidation sites excluding steroid dienone is 1. The molecular weight excluding hydrogens is 471 g/mol. The van der Waals surface area contributed by atoms with Gasteiger partial charge in [0.25, 0.3) is 0 Å². The van der Waals surface area contributed by atoms with Crippen LogP contribution in [-0.4, -0.2) is 40.1 Å². The van der Waals surface area contributed by atoms with Crippen LogP contribution in [-0.2, 0) is 16.0 Å². The first-order valence-electron chi connectivity index (χ1n) is 11.9. The molecule has 2 amide bonds. The molecule has 2 atom stereocenters. The van der Waals surface area contributed by atoms with Crippen molar-refractivity contribution in [3.05, 3.63) is 59.4 Å². The maximum absolute atomic E-state index is 12.9. The number of alkyl halides is 1. The van der Waals surface area contributed by atoms with E-state index in [-0.39, 0.29) is 41.5 Å². The molecule has 1 aromatic carbocycles. The van der Waals surface area contributed by atoms with E-state index in [1.54, 1.807) is 10.9 Å². The molecular formula is C26H34Cl2N4O2. The van der Waals surface area contributed by atoms with Gasteiger partial charge in [-0.05, 0) is 54.5 Å². The number of carbonyl (C=O) groups excluding carboxylic acids is 2. The molecule has 0 radical (unpaired) electrons. The van der Waals surface area contributed by atoms with Crippen LogP contribution >= 0.6 is 23.2 Å². The monoisotopic (exact) mass is 504 g/mol. The van der Waals surface area contributed by atoms with Crippen molar-refractivity contribution in [1.29, 1.82) is 0 Å². The zero-order valence-corrected chi connectivity index (χ0v) is 21.4. The van der Waals surface area contributed by atoms with Gasteiger partial charge in [0.15, 0.2) is 0 Å². The van der Waals surface area contributed by atoms with Gasteiger partial charge in [0.05, 0.1) is 24.0 Å². The maximum Gasteiger partial charge on any atom is 0.224 e. The Bertz CT molecular complexity index is 984. The average molecular weight is 505 g/mol. The summed E-state index contributed by atoms with van der Waals surface area (Å²) in [5.74, 6) is -0.108. The highest BCUT2D eigenvalue weighted by Crippen LogP contribution is 2.41. The second-order valence-corrected chi connectivity index (χ2v) is 10.2. The Balaban J connectivity index is 1.48. The van der Waals surface area contributed by atoms with Crippen molar-refractivity contribution in [3.8, 4) is 5.69 Å². The zero-order chi connectivity index (χ0) is 24.6. The van der Waals surface area contributed by atoms with Crippen molar-refractivity contribution in [3.63, 3.8) is 0 Å². The Morgan fingerprint density at radius 2 is 2.03 bits per heavy atom. The summed E-state index contributed by atoms with van der Waals surface area (Å²) in [5.41, 5.74) is 1.81. The fraction of sp³-hybridized carbons (Fsp3) is 0.500. The first-order chi connectivity index (χ1) is 16.3. The van der Waals surface area contributed by atoms with Gasteiger partial charge in [0.1, 0.15) is 0 Å². The Morgan fingerprint density at radius 1 is 1.26 bits per heavy atom. The van der Waals surface area contributed by atoms with Gasteiger partial charge < -0.3 is 10.6 Å². The van der Waals surface area contributed by atoms with Crippen LogP contribution in [0.25, 0.3) is 5.69 Å². The van der Waals surface area contributed by atoms with Crippen LogP contribution in [0.2, 0.25) is 0 Å². The molecule has 2 N–H and O–H groups in total. The molecule has 0 aliphatic heterocycles. The van der Waals surface area contributed by atoms with Gasteiger partial charge >= 0.3 is 0 Å². The van der Waals surface area contributed by atoms with Crippen molar-refractivity contribution in [1.82, 2.24) is 20.4 Å². The number of rotatable bonds is 11. The molecule has 2 aromatic rings. The molecule has 184 valence electrons. The predicted molar refractivity (Wildman–Crippen MR) is 137 cm³/mol. The van der Waals surface area contributed by atoms with E-state index >= 15 is 0 Å². The van der Waals surface area contributed by atoms with Crippen molar-refractivity contribution < 1.29 is 9.59 Å². The highest BCUT2D eigenvalue weighted by molar-refractivity contribution is 6.35. The van der Waals surface area contributed by atoms with E-state index in [2.05, 4.69) is 22.7 Å². The number of benzene rings is 1. The number of hydrogen-bond donors (Lipinski definition) is 2. The number of aromatic nitrogens is 2. The summed E-state index contributed by atoms with van der Waals surface area (Å²) in [7, 11) is 0. The molecule has 8 heteroatoms. The van der Waals surface area contributed by atoms with Crippen molar-refractivity contribution in [2.75, 3.05) is 12.4 Å². The van der Waals surface area contributed by atoms with E-state index in [9.17, 15) is 9.59 Å². The van der Waals surface area contributed by atoms with Crippen molar-refractivity contribution in [2.45, 2.75) is 58.4 Å².